The lowest BCUT2D eigenvalue weighted by Crippen LogP contribution is -2.30. The van der Waals surface area contributed by atoms with E-state index in [-0.39, 0.29) is 18.0 Å². The highest BCUT2D eigenvalue weighted by molar-refractivity contribution is 5.73. The normalized spacial score (nSPS) is 24.6. The van der Waals surface area contributed by atoms with E-state index in [4.69, 9.17) is 9.47 Å². The van der Waals surface area contributed by atoms with E-state index in [0.29, 0.717) is 19.8 Å². The second-order valence-corrected chi connectivity index (χ2v) is 3.67. The van der Waals surface area contributed by atoms with E-state index in [1.54, 1.807) is 17.9 Å². The molecule has 1 aliphatic rings. The molecule has 0 aliphatic carbocycles. The van der Waals surface area contributed by atoms with Crippen molar-refractivity contribution in [1.29, 1.82) is 0 Å². The lowest BCUT2D eigenvalue weighted by atomic mass is 10.0. The number of carbonyl (C=O) groups is 1. The zero-order valence-corrected chi connectivity index (χ0v) is 9.20. The van der Waals surface area contributed by atoms with Gasteiger partial charge in [-0.1, -0.05) is 0 Å². The average molecular weight is 225 g/mol. The molecule has 88 valence electrons. The molecule has 2 rings (SSSR count). The van der Waals surface area contributed by atoms with Crippen LogP contribution in [-0.2, 0) is 20.8 Å². The number of hydrogen-bond acceptors (Lipinski definition) is 5. The van der Waals surface area contributed by atoms with Gasteiger partial charge in [-0.25, -0.2) is 4.98 Å². The predicted molar refractivity (Wildman–Crippen MR) is 54.5 cm³/mol. The Morgan fingerprint density at radius 2 is 2.56 bits per heavy atom. The Morgan fingerprint density at radius 1 is 1.69 bits per heavy atom. The molecule has 6 heteroatoms. The summed E-state index contributed by atoms with van der Waals surface area (Å²) in [5, 5.41) is 3.99. The van der Waals surface area contributed by atoms with Crippen LogP contribution in [-0.4, -0.2) is 40.1 Å². The predicted octanol–water partition coefficient (Wildman–Crippen LogP) is 0.246. The number of carbonyl (C=O) groups excluding carboxylic acids is 1. The third-order valence-corrected chi connectivity index (χ3v) is 2.63. The summed E-state index contributed by atoms with van der Waals surface area (Å²) < 4.78 is 12.2. The second kappa shape index (κ2) is 5.07. The number of esters is 1. The van der Waals surface area contributed by atoms with Crippen LogP contribution in [0.4, 0.5) is 0 Å². The molecule has 1 saturated heterocycles. The summed E-state index contributed by atoms with van der Waals surface area (Å²) >= 11 is 0. The molecule has 0 aromatic carbocycles. The number of rotatable bonds is 4. The van der Waals surface area contributed by atoms with E-state index < -0.39 is 0 Å². The molecule has 1 aromatic rings. The Kier molecular flexibility index (Phi) is 3.51. The SMILES string of the molecule is CCOC(=O)C1CCOC1Cn1cncn1. The van der Waals surface area contributed by atoms with Crippen LogP contribution in [0.3, 0.4) is 0 Å². The molecule has 2 heterocycles. The second-order valence-electron chi connectivity index (χ2n) is 3.67. The number of hydrogen-bond donors (Lipinski definition) is 0. The fraction of sp³-hybridized carbons (Fsp3) is 0.700. The van der Waals surface area contributed by atoms with Gasteiger partial charge in [0, 0.05) is 6.61 Å². The molecule has 0 spiro atoms. The smallest absolute Gasteiger partial charge is 0.311 e. The van der Waals surface area contributed by atoms with Gasteiger partial charge in [0.05, 0.1) is 25.2 Å². The first-order valence-corrected chi connectivity index (χ1v) is 5.42. The number of aromatic nitrogens is 3. The van der Waals surface area contributed by atoms with E-state index in [0.717, 1.165) is 6.42 Å². The Bertz CT molecular complexity index is 339. The Labute approximate surface area is 93.6 Å². The molecule has 1 fully saturated rings. The van der Waals surface area contributed by atoms with Gasteiger partial charge < -0.3 is 9.47 Å². The Hall–Kier alpha value is -1.43. The van der Waals surface area contributed by atoms with Crippen molar-refractivity contribution in [2.24, 2.45) is 5.92 Å². The quantitative estimate of drug-likeness (QED) is 0.687. The summed E-state index contributed by atoms with van der Waals surface area (Å²) in [4.78, 5) is 15.5. The molecule has 1 aromatic heterocycles. The Morgan fingerprint density at radius 3 is 3.25 bits per heavy atom. The molecule has 0 amide bonds. The summed E-state index contributed by atoms with van der Waals surface area (Å²) in [6.45, 7) is 3.36. The minimum absolute atomic E-state index is 0.152. The highest BCUT2D eigenvalue weighted by Gasteiger charge is 2.35. The summed E-state index contributed by atoms with van der Waals surface area (Å²) in [6, 6.07) is 0. The first kappa shape index (κ1) is 11.1. The van der Waals surface area contributed by atoms with Crippen molar-refractivity contribution in [3.05, 3.63) is 12.7 Å². The summed E-state index contributed by atoms with van der Waals surface area (Å²) in [7, 11) is 0. The monoisotopic (exact) mass is 225 g/mol. The van der Waals surface area contributed by atoms with Crippen LogP contribution in [0.25, 0.3) is 0 Å². The van der Waals surface area contributed by atoms with Crippen molar-refractivity contribution >= 4 is 5.97 Å². The maximum Gasteiger partial charge on any atom is 0.311 e. The molecule has 0 radical (unpaired) electrons. The van der Waals surface area contributed by atoms with Crippen LogP contribution in [0.2, 0.25) is 0 Å². The van der Waals surface area contributed by atoms with Gasteiger partial charge in [-0.2, -0.15) is 5.10 Å². The van der Waals surface area contributed by atoms with E-state index in [9.17, 15) is 4.79 Å². The van der Waals surface area contributed by atoms with Crippen LogP contribution in [0, 0.1) is 5.92 Å². The zero-order chi connectivity index (χ0) is 11.4. The highest BCUT2D eigenvalue weighted by atomic mass is 16.5. The van der Waals surface area contributed by atoms with Gasteiger partial charge in [-0.3, -0.25) is 9.48 Å². The van der Waals surface area contributed by atoms with Gasteiger partial charge in [-0.15, -0.1) is 0 Å². The van der Waals surface area contributed by atoms with Crippen LogP contribution in [0.1, 0.15) is 13.3 Å². The van der Waals surface area contributed by atoms with Gasteiger partial charge in [0.15, 0.2) is 0 Å². The van der Waals surface area contributed by atoms with E-state index in [1.165, 1.54) is 6.33 Å². The van der Waals surface area contributed by atoms with Gasteiger partial charge in [0.2, 0.25) is 0 Å². The summed E-state index contributed by atoms with van der Waals surface area (Å²) in [6.07, 6.45) is 3.65. The fourth-order valence-corrected chi connectivity index (χ4v) is 1.86. The van der Waals surface area contributed by atoms with Gasteiger partial charge in [0.25, 0.3) is 0 Å². The van der Waals surface area contributed by atoms with Crippen molar-refractivity contribution in [3.63, 3.8) is 0 Å². The van der Waals surface area contributed by atoms with Crippen LogP contribution < -0.4 is 0 Å². The largest absolute Gasteiger partial charge is 0.466 e. The fourth-order valence-electron chi connectivity index (χ4n) is 1.86. The molecule has 2 atom stereocenters. The van der Waals surface area contributed by atoms with Crippen molar-refractivity contribution in [1.82, 2.24) is 14.8 Å². The van der Waals surface area contributed by atoms with Gasteiger partial charge in [0.1, 0.15) is 12.7 Å². The van der Waals surface area contributed by atoms with Crippen LogP contribution >= 0.6 is 0 Å². The summed E-state index contributed by atoms with van der Waals surface area (Å²) in [5.41, 5.74) is 0. The Balaban J connectivity index is 1.95. The molecule has 2 unspecified atom stereocenters. The van der Waals surface area contributed by atoms with Crippen molar-refractivity contribution in [2.75, 3.05) is 13.2 Å². The average Bonchev–Trinajstić information content (AvgIpc) is 2.90. The maximum absolute atomic E-state index is 11.6. The maximum atomic E-state index is 11.6. The third-order valence-electron chi connectivity index (χ3n) is 2.63. The lowest BCUT2D eigenvalue weighted by molar-refractivity contribution is -0.150. The standard InChI is InChI=1S/C10H15N3O3/c1-2-15-10(14)8-3-4-16-9(8)5-13-7-11-6-12-13/h6-9H,2-5H2,1H3. The molecule has 0 bridgehead atoms. The van der Waals surface area contributed by atoms with E-state index in [1.807, 2.05) is 0 Å². The lowest BCUT2D eigenvalue weighted by Gasteiger charge is -2.16. The number of nitrogens with zero attached hydrogens (tertiary/aromatic N) is 3. The van der Waals surface area contributed by atoms with E-state index in [2.05, 4.69) is 10.1 Å². The first-order valence-electron chi connectivity index (χ1n) is 5.42. The number of ether oxygens (including phenoxy) is 2. The molecular weight excluding hydrogens is 210 g/mol. The van der Waals surface area contributed by atoms with Crippen molar-refractivity contribution in [3.8, 4) is 0 Å². The summed E-state index contributed by atoms with van der Waals surface area (Å²) in [5.74, 6) is -0.353. The third kappa shape index (κ3) is 2.38. The zero-order valence-electron chi connectivity index (χ0n) is 9.20. The minimum atomic E-state index is -0.177. The van der Waals surface area contributed by atoms with E-state index >= 15 is 0 Å². The molecule has 0 saturated carbocycles. The van der Waals surface area contributed by atoms with Crippen LogP contribution in [0.15, 0.2) is 12.7 Å². The molecular formula is C10H15N3O3. The first-order chi connectivity index (χ1) is 7.81. The van der Waals surface area contributed by atoms with Gasteiger partial charge in [-0.05, 0) is 13.3 Å². The molecule has 6 nitrogen and oxygen atoms in total. The molecule has 1 aliphatic heterocycles. The minimum Gasteiger partial charge on any atom is -0.466 e. The van der Waals surface area contributed by atoms with Crippen molar-refractivity contribution in [2.45, 2.75) is 26.0 Å². The van der Waals surface area contributed by atoms with Crippen LogP contribution in [0.5, 0.6) is 0 Å². The molecule has 0 N–H and O–H groups in total. The van der Waals surface area contributed by atoms with Crippen molar-refractivity contribution < 1.29 is 14.3 Å². The highest BCUT2D eigenvalue weighted by Crippen LogP contribution is 2.23. The van der Waals surface area contributed by atoms with Gasteiger partial charge >= 0.3 is 5.97 Å². The topological polar surface area (TPSA) is 66.2 Å². The molecule has 16 heavy (non-hydrogen) atoms.